The van der Waals surface area contributed by atoms with Crippen LogP contribution < -0.4 is 10.1 Å². The lowest BCUT2D eigenvalue weighted by atomic mass is 10.0. The quantitative estimate of drug-likeness (QED) is 0.592. The van der Waals surface area contributed by atoms with Crippen molar-refractivity contribution in [1.82, 2.24) is 4.90 Å². The van der Waals surface area contributed by atoms with Crippen molar-refractivity contribution in [2.45, 2.75) is 25.9 Å². The molecular formula is C21H24N2O2. The number of carbonyl (C=O) groups excluding carboxylic acids is 1. The van der Waals surface area contributed by atoms with E-state index >= 15 is 0 Å². The van der Waals surface area contributed by atoms with Crippen LogP contribution in [0.15, 0.2) is 61.2 Å². The van der Waals surface area contributed by atoms with Crippen LogP contribution in [0.25, 0.3) is 0 Å². The number of unbranched alkanes of at least 4 members (excludes halogenated alkanes) is 1. The zero-order valence-electron chi connectivity index (χ0n) is 14.6. The van der Waals surface area contributed by atoms with Crippen LogP contribution in [0.5, 0.6) is 5.75 Å². The van der Waals surface area contributed by atoms with Gasteiger partial charge >= 0.3 is 0 Å². The minimum absolute atomic E-state index is 0.00242. The number of anilines is 1. The Morgan fingerprint density at radius 3 is 2.76 bits per heavy atom. The highest BCUT2D eigenvalue weighted by Gasteiger charge is 2.33. The topological polar surface area (TPSA) is 41.6 Å². The van der Waals surface area contributed by atoms with Gasteiger partial charge in [-0.15, -0.1) is 6.58 Å². The Morgan fingerprint density at radius 2 is 1.96 bits per heavy atom. The first-order valence-electron chi connectivity index (χ1n) is 8.75. The Kier molecular flexibility index (Phi) is 5.39. The summed E-state index contributed by atoms with van der Waals surface area (Å²) in [5.41, 5.74) is 2.49. The molecule has 1 heterocycles. The lowest BCUT2D eigenvalue weighted by Crippen LogP contribution is -2.43. The summed E-state index contributed by atoms with van der Waals surface area (Å²) >= 11 is 0. The van der Waals surface area contributed by atoms with Crippen LogP contribution in [-0.4, -0.2) is 24.0 Å². The van der Waals surface area contributed by atoms with E-state index in [1.165, 1.54) is 0 Å². The number of ether oxygens (including phenoxy) is 1. The van der Waals surface area contributed by atoms with E-state index < -0.39 is 0 Å². The van der Waals surface area contributed by atoms with Gasteiger partial charge < -0.3 is 15.0 Å². The van der Waals surface area contributed by atoms with Gasteiger partial charge in [0.25, 0.3) is 5.91 Å². The minimum Gasteiger partial charge on any atom is -0.493 e. The molecule has 3 rings (SSSR count). The van der Waals surface area contributed by atoms with Gasteiger partial charge in [-0.3, -0.25) is 4.79 Å². The number of fused-ring (bicyclic) bond motifs is 1. The average molecular weight is 336 g/mol. The van der Waals surface area contributed by atoms with Gasteiger partial charge in [0, 0.05) is 17.8 Å². The van der Waals surface area contributed by atoms with Crippen LogP contribution >= 0.6 is 0 Å². The maximum absolute atomic E-state index is 13.0. The third kappa shape index (κ3) is 3.53. The van der Waals surface area contributed by atoms with E-state index in [9.17, 15) is 4.79 Å². The van der Waals surface area contributed by atoms with Crippen molar-refractivity contribution < 1.29 is 9.53 Å². The molecule has 2 aromatic rings. The molecule has 1 amide bonds. The first kappa shape index (κ1) is 17.1. The number of hydrogen-bond acceptors (Lipinski definition) is 3. The van der Waals surface area contributed by atoms with Gasteiger partial charge in [-0.1, -0.05) is 49.8 Å². The summed E-state index contributed by atoms with van der Waals surface area (Å²) in [7, 11) is 0. The second-order valence-corrected chi connectivity index (χ2v) is 6.08. The number of nitrogens with one attached hydrogen (secondary N) is 1. The molecule has 1 aliphatic rings. The van der Waals surface area contributed by atoms with Gasteiger partial charge in [0.1, 0.15) is 11.9 Å². The molecule has 1 N–H and O–H groups in total. The molecule has 0 radical (unpaired) electrons. The van der Waals surface area contributed by atoms with E-state index in [0.717, 1.165) is 29.8 Å². The normalized spacial score (nSPS) is 16.1. The molecule has 1 aliphatic heterocycles. The fraction of sp³-hybridized carbons (Fsp3) is 0.286. The molecule has 0 saturated heterocycles. The van der Waals surface area contributed by atoms with E-state index in [2.05, 4.69) is 18.8 Å². The summed E-state index contributed by atoms with van der Waals surface area (Å²) < 4.78 is 5.98. The summed E-state index contributed by atoms with van der Waals surface area (Å²) in [4.78, 5) is 14.7. The summed E-state index contributed by atoms with van der Waals surface area (Å²) in [6.45, 7) is 7.08. The van der Waals surface area contributed by atoms with E-state index in [0.29, 0.717) is 18.7 Å². The average Bonchev–Trinajstić information content (AvgIpc) is 2.65. The molecule has 0 spiro atoms. The van der Waals surface area contributed by atoms with Crippen molar-refractivity contribution in [3.63, 3.8) is 0 Å². The van der Waals surface area contributed by atoms with Gasteiger partial charge in [0.2, 0.25) is 0 Å². The van der Waals surface area contributed by atoms with E-state index in [1.54, 1.807) is 11.0 Å². The van der Waals surface area contributed by atoms with Gasteiger partial charge in [0.15, 0.2) is 0 Å². The number of carbonyl (C=O) groups is 1. The zero-order valence-corrected chi connectivity index (χ0v) is 14.6. The second-order valence-electron chi connectivity index (χ2n) is 6.08. The second kappa shape index (κ2) is 7.88. The van der Waals surface area contributed by atoms with Gasteiger partial charge in [-0.25, -0.2) is 0 Å². The lowest BCUT2D eigenvalue weighted by molar-refractivity contribution is 0.0705. The molecule has 0 aromatic heterocycles. The Morgan fingerprint density at radius 1 is 1.20 bits per heavy atom. The third-order valence-electron chi connectivity index (χ3n) is 4.32. The Hall–Kier alpha value is -2.75. The molecule has 25 heavy (non-hydrogen) atoms. The third-order valence-corrected chi connectivity index (χ3v) is 4.32. The van der Waals surface area contributed by atoms with Crippen LogP contribution in [0.4, 0.5) is 5.69 Å². The zero-order chi connectivity index (χ0) is 17.6. The molecule has 0 fully saturated rings. The fourth-order valence-electron chi connectivity index (χ4n) is 3.03. The highest BCUT2D eigenvalue weighted by molar-refractivity contribution is 6.01. The van der Waals surface area contributed by atoms with Crippen molar-refractivity contribution in [2.75, 3.05) is 18.5 Å². The monoisotopic (exact) mass is 336 g/mol. The number of benzene rings is 2. The van der Waals surface area contributed by atoms with E-state index in [1.807, 2.05) is 48.5 Å². The van der Waals surface area contributed by atoms with E-state index in [-0.39, 0.29) is 12.1 Å². The van der Waals surface area contributed by atoms with Gasteiger partial charge in [-0.2, -0.15) is 0 Å². The predicted octanol–water partition coefficient (Wildman–Crippen LogP) is 4.62. The van der Waals surface area contributed by atoms with Crippen molar-refractivity contribution in [3.8, 4) is 5.75 Å². The number of hydrogen-bond donors (Lipinski definition) is 1. The highest BCUT2D eigenvalue weighted by Crippen LogP contribution is 2.36. The molecule has 0 aliphatic carbocycles. The molecule has 0 saturated carbocycles. The molecule has 2 aromatic carbocycles. The highest BCUT2D eigenvalue weighted by atomic mass is 16.5. The maximum Gasteiger partial charge on any atom is 0.258 e. The van der Waals surface area contributed by atoms with Crippen molar-refractivity contribution in [3.05, 3.63) is 72.3 Å². The molecule has 4 nitrogen and oxygen atoms in total. The van der Waals surface area contributed by atoms with Crippen molar-refractivity contribution >= 4 is 11.6 Å². The maximum atomic E-state index is 13.0. The molecule has 1 atom stereocenters. The largest absolute Gasteiger partial charge is 0.493 e. The lowest BCUT2D eigenvalue weighted by Gasteiger charge is -2.38. The summed E-state index contributed by atoms with van der Waals surface area (Å²) in [6, 6.07) is 15.5. The Labute approximate surface area is 149 Å². The van der Waals surface area contributed by atoms with Crippen LogP contribution in [-0.2, 0) is 0 Å². The summed E-state index contributed by atoms with van der Waals surface area (Å²) in [6.07, 6.45) is 3.56. The molecule has 0 bridgehead atoms. The van der Waals surface area contributed by atoms with Gasteiger partial charge in [0.05, 0.1) is 12.2 Å². The number of amides is 1. The predicted molar refractivity (Wildman–Crippen MR) is 101 cm³/mol. The number of rotatable bonds is 7. The molecule has 1 unspecified atom stereocenters. The standard InChI is InChI=1S/C21H24N2O2/c1-3-5-15-25-19-13-9-7-11-17(19)20-22-18-12-8-6-10-16(18)21(24)23(20)14-4-2/h4,6-13,20,22H,2-3,5,14-15H2,1H3. The molecule has 4 heteroatoms. The first-order valence-corrected chi connectivity index (χ1v) is 8.75. The molecular weight excluding hydrogens is 312 g/mol. The summed E-state index contributed by atoms with van der Waals surface area (Å²) in [5.74, 6) is 0.817. The van der Waals surface area contributed by atoms with Crippen LogP contribution in [0, 0.1) is 0 Å². The Bertz CT molecular complexity index is 757. The summed E-state index contributed by atoms with van der Waals surface area (Å²) in [5, 5.41) is 3.49. The number of para-hydroxylation sites is 2. The van der Waals surface area contributed by atoms with Crippen LogP contribution in [0.1, 0.15) is 41.9 Å². The van der Waals surface area contributed by atoms with Gasteiger partial charge in [-0.05, 0) is 24.6 Å². The number of nitrogens with zero attached hydrogens (tertiary/aromatic N) is 1. The Balaban J connectivity index is 1.97. The van der Waals surface area contributed by atoms with E-state index in [4.69, 9.17) is 4.74 Å². The molecule has 130 valence electrons. The fourth-order valence-corrected chi connectivity index (χ4v) is 3.03. The SMILES string of the molecule is C=CCN1C(=O)c2ccccc2NC1c1ccccc1OCCCC. The van der Waals surface area contributed by atoms with Crippen LogP contribution in [0.2, 0.25) is 0 Å². The minimum atomic E-state index is -0.279. The van der Waals surface area contributed by atoms with Crippen molar-refractivity contribution in [2.24, 2.45) is 0 Å². The van der Waals surface area contributed by atoms with Crippen LogP contribution in [0.3, 0.4) is 0 Å². The first-order chi connectivity index (χ1) is 12.3. The smallest absolute Gasteiger partial charge is 0.258 e. The van der Waals surface area contributed by atoms with Crippen molar-refractivity contribution in [1.29, 1.82) is 0 Å².